The SMILES string of the molecule is O=C(CNI)NCCI. The number of carbonyl (C=O) groups is 1. The van der Waals surface area contributed by atoms with Gasteiger partial charge in [0.2, 0.25) is 5.91 Å². The molecule has 0 aliphatic heterocycles. The van der Waals surface area contributed by atoms with Crippen LogP contribution in [0, 0.1) is 0 Å². The molecule has 0 aliphatic rings. The number of amides is 1. The molecule has 0 bridgehead atoms. The molecule has 0 heterocycles. The third-order valence-electron chi connectivity index (χ3n) is 0.644. The number of rotatable bonds is 4. The van der Waals surface area contributed by atoms with E-state index in [9.17, 15) is 4.79 Å². The van der Waals surface area contributed by atoms with E-state index in [0.29, 0.717) is 6.54 Å². The summed E-state index contributed by atoms with van der Waals surface area (Å²) < 4.78 is 3.69. The van der Waals surface area contributed by atoms with E-state index >= 15 is 0 Å². The van der Waals surface area contributed by atoms with Crippen LogP contribution in [0.3, 0.4) is 0 Å². The van der Waals surface area contributed by atoms with E-state index < -0.39 is 0 Å². The fraction of sp³-hybridized carbons (Fsp3) is 0.750. The van der Waals surface area contributed by atoms with Gasteiger partial charge in [-0.25, -0.2) is 0 Å². The van der Waals surface area contributed by atoms with Crippen LogP contribution in [0.25, 0.3) is 0 Å². The van der Waals surface area contributed by atoms with Crippen LogP contribution in [0.1, 0.15) is 0 Å². The summed E-state index contributed by atoms with van der Waals surface area (Å²) >= 11 is 4.15. The Kier molecular flexibility index (Phi) is 7.69. The molecule has 0 saturated heterocycles. The summed E-state index contributed by atoms with van der Waals surface area (Å²) in [5.74, 6) is 0.0565. The third kappa shape index (κ3) is 6.78. The van der Waals surface area contributed by atoms with Crippen molar-refractivity contribution in [1.82, 2.24) is 8.85 Å². The molecule has 0 radical (unpaired) electrons. The predicted molar refractivity (Wildman–Crippen MR) is 53.9 cm³/mol. The van der Waals surface area contributed by atoms with Gasteiger partial charge in [-0.2, -0.15) is 0 Å². The molecule has 5 heteroatoms. The molecule has 1 amide bonds. The average molecular weight is 354 g/mol. The van der Waals surface area contributed by atoms with E-state index in [1.54, 1.807) is 0 Å². The fourth-order valence-corrected chi connectivity index (χ4v) is 0.926. The van der Waals surface area contributed by atoms with E-state index in [1.165, 1.54) is 0 Å². The highest BCUT2D eigenvalue weighted by Gasteiger charge is 1.94. The summed E-state index contributed by atoms with van der Waals surface area (Å²) in [7, 11) is 0. The Morgan fingerprint density at radius 2 is 2.22 bits per heavy atom. The summed E-state index contributed by atoms with van der Waals surface area (Å²) in [4.78, 5) is 10.6. The quantitative estimate of drug-likeness (QED) is 0.438. The molecule has 0 aromatic rings. The van der Waals surface area contributed by atoms with Crippen molar-refractivity contribution in [2.75, 3.05) is 17.5 Å². The first-order chi connectivity index (χ1) is 4.31. The summed E-state index contributed by atoms with van der Waals surface area (Å²) in [5, 5.41) is 2.72. The van der Waals surface area contributed by atoms with Gasteiger partial charge in [0.25, 0.3) is 0 Å². The number of halogens is 2. The minimum Gasteiger partial charge on any atom is -0.354 e. The lowest BCUT2D eigenvalue weighted by Crippen LogP contribution is -2.31. The average Bonchev–Trinajstić information content (AvgIpc) is 1.85. The normalized spacial score (nSPS) is 9.11. The topological polar surface area (TPSA) is 41.1 Å². The highest BCUT2D eigenvalue weighted by atomic mass is 127. The van der Waals surface area contributed by atoms with Crippen LogP contribution in [0.15, 0.2) is 0 Å². The molecule has 0 spiro atoms. The summed E-state index contributed by atoms with van der Waals surface area (Å²) in [6.45, 7) is 1.16. The maximum absolute atomic E-state index is 10.6. The van der Waals surface area contributed by atoms with Crippen LogP contribution in [0.2, 0.25) is 0 Å². The Labute approximate surface area is 82.0 Å². The van der Waals surface area contributed by atoms with Crippen LogP contribution in [-0.4, -0.2) is 23.4 Å². The fourth-order valence-electron chi connectivity index (χ4n) is 0.310. The first kappa shape index (κ1) is 9.89. The molecule has 54 valence electrons. The van der Waals surface area contributed by atoms with Gasteiger partial charge in [0.05, 0.1) is 6.54 Å². The molecular formula is C4H8I2N2O. The monoisotopic (exact) mass is 354 g/mol. The Morgan fingerprint density at radius 1 is 1.56 bits per heavy atom. The molecule has 0 rings (SSSR count). The van der Waals surface area contributed by atoms with Crippen LogP contribution in [0.5, 0.6) is 0 Å². The summed E-state index contributed by atoms with van der Waals surface area (Å²) in [5.41, 5.74) is 0. The molecule has 3 nitrogen and oxygen atoms in total. The van der Waals surface area contributed by atoms with Crippen molar-refractivity contribution < 1.29 is 4.79 Å². The van der Waals surface area contributed by atoms with Crippen molar-refractivity contribution in [1.29, 1.82) is 0 Å². The predicted octanol–water partition coefficient (Wildman–Crippen LogP) is 0.477. The van der Waals surface area contributed by atoms with E-state index in [4.69, 9.17) is 0 Å². The second-order valence-corrected chi connectivity index (χ2v) is 3.19. The van der Waals surface area contributed by atoms with Gasteiger partial charge in [0, 0.05) is 33.8 Å². The zero-order valence-corrected chi connectivity index (χ0v) is 9.10. The van der Waals surface area contributed by atoms with Gasteiger partial charge in [-0.05, 0) is 0 Å². The maximum atomic E-state index is 10.6. The number of carbonyl (C=O) groups excluding carboxylic acids is 1. The summed E-state index contributed by atoms with van der Waals surface area (Å²) in [6, 6.07) is 0. The van der Waals surface area contributed by atoms with Crippen molar-refractivity contribution >= 4 is 51.4 Å². The van der Waals surface area contributed by atoms with Gasteiger partial charge < -0.3 is 5.32 Å². The largest absolute Gasteiger partial charge is 0.354 e. The minimum atomic E-state index is 0.0565. The smallest absolute Gasteiger partial charge is 0.234 e. The number of hydrogen-bond donors (Lipinski definition) is 2. The Bertz CT molecular complexity index is 88.6. The van der Waals surface area contributed by atoms with Crippen LogP contribution in [0.4, 0.5) is 0 Å². The van der Waals surface area contributed by atoms with Gasteiger partial charge in [0.1, 0.15) is 0 Å². The molecule has 2 N–H and O–H groups in total. The number of nitrogens with one attached hydrogen (secondary N) is 2. The lowest BCUT2D eigenvalue weighted by atomic mass is 10.6. The van der Waals surface area contributed by atoms with Gasteiger partial charge in [-0.1, -0.05) is 22.6 Å². The van der Waals surface area contributed by atoms with Crippen molar-refractivity contribution in [3.8, 4) is 0 Å². The molecule has 9 heavy (non-hydrogen) atoms. The molecule has 0 fully saturated rings. The highest BCUT2D eigenvalue weighted by Crippen LogP contribution is 1.76. The van der Waals surface area contributed by atoms with Crippen molar-refractivity contribution in [3.63, 3.8) is 0 Å². The molecule has 0 aromatic heterocycles. The Morgan fingerprint density at radius 3 is 2.67 bits per heavy atom. The van der Waals surface area contributed by atoms with Crippen molar-refractivity contribution in [3.05, 3.63) is 0 Å². The van der Waals surface area contributed by atoms with Crippen LogP contribution >= 0.6 is 45.5 Å². The maximum Gasteiger partial charge on any atom is 0.234 e. The van der Waals surface area contributed by atoms with E-state index in [2.05, 4.69) is 31.4 Å². The number of hydrogen-bond acceptors (Lipinski definition) is 2. The molecule has 0 unspecified atom stereocenters. The second-order valence-electron chi connectivity index (χ2n) is 1.35. The Balaban J connectivity index is 3.06. The standard InChI is InChI=1S/C4H8I2N2O/c5-1-2-7-4(9)3-8-6/h8H,1-3H2,(H,7,9). The van der Waals surface area contributed by atoms with Gasteiger partial charge in [-0.3, -0.25) is 8.32 Å². The zero-order valence-electron chi connectivity index (χ0n) is 4.79. The van der Waals surface area contributed by atoms with Crippen molar-refractivity contribution in [2.24, 2.45) is 0 Å². The van der Waals surface area contributed by atoms with Gasteiger partial charge in [0.15, 0.2) is 0 Å². The first-order valence-electron chi connectivity index (χ1n) is 2.47. The minimum absolute atomic E-state index is 0.0565. The van der Waals surface area contributed by atoms with Crippen LogP contribution < -0.4 is 8.85 Å². The van der Waals surface area contributed by atoms with Gasteiger partial charge in [-0.15, -0.1) is 0 Å². The lowest BCUT2D eigenvalue weighted by molar-refractivity contribution is -0.119. The molecular weight excluding hydrogens is 346 g/mol. The van der Waals surface area contributed by atoms with E-state index in [-0.39, 0.29) is 5.91 Å². The molecule has 0 aromatic carbocycles. The first-order valence-corrected chi connectivity index (χ1v) is 5.08. The van der Waals surface area contributed by atoms with Crippen LogP contribution in [-0.2, 0) is 4.79 Å². The summed E-state index contributed by atoms with van der Waals surface area (Å²) in [6.07, 6.45) is 0. The van der Waals surface area contributed by atoms with E-state index in [1.807, 2.05) is 22.9 Å². The Hall–Kier alpha value is 0.890. The molecule has 0 saturated carbocycles. The molecule has 0 aliphatic carbocycles. The van der Waals surface area contributed by atoms with Crippen molar-refractivity contribution in [2.45, 2.75) is 0 Å². The van der Waals surface area contributed by atoms with Gasteiger partial charge >= 0.3 is 0 Å². The highest BCUT2D eigenvalue weighted by molar-refractivity contribution is 14.1. The third-order valence-corrected chi connectivity index (χ3v) is 1.56. The lowest BCUT2D eigenvalue weighted by Gasteiger charge is -1.98. The molecule has 0 atom stereocenters. The second kappa shape index (κ2) is 7.00. The number of alkyl halides is 1. The zero-order chi connectivity index (χ0) is 7.11. The van der Waals surface area contributed by atoms with E-state index in [0.717, 1.165) is 11.0 Å².